The molecule has 1 aromatic carbocycles. The number of carbonyl (C=O) groups excluding carboxylic acids is 1. The molecule has 1 fully saturated rings. The van der Waals surface area contributed by atoms with Crippen molar-refractivity contribution < 1.29 is 9.53 Å². The van der Waals surface area contributed by atoms with E-state index in [1.165, 1.54) is 0 Å². The average molecular weight is 377 g/mol. The van der Waals surface area contributed by atoms with Gasteiger partial charge >= 0.3 is 6.03 Å². The number of nitrogens with zero attached hydrogens (tertiary/aromatic N) is 3. The van der Waals surface area contributed by atoms with Crippen LogP contribution in [0.15, 0.2) is 36.7 Å². The van der Waals surface area contributed by atoms with E-state index in [-0.39, 0.29) is 12.1 Å². The first-order valence-corrected chi connectivity index (χ1v) is 9.48. The van der Waals surface area contributed by atoms with Crippen LogP contribution < -0.4 is 10.1 Å². The van der Waals surface area contributed by atoms with Crippen LogP contribution in [0.4, 0.5) is 4.79 Å². The Hall–Kier alpha value is -2.21. The van der Waals surface area contributed by atoms with Crippen molar-refractivity contribution in [1.29, 1.82) is 0 Å². The average Bonchev–Trinajstić information content (AvgIpc) is 3.31. The summed E-state index contributed by atoms with van der Waals surface area (Å²) in [6.45, 7) is 4.59. The molecule has 1 N–H and O–H groups in total. The highest BCUT2D eigenvalue weighted by Crippen LogP contribution is 2.24. The molecule has 1 unspecified atom stereocenters. The van der Waals surface area contributed by atoms with Gasteiger partial charge in [-0.25, -0.2) is 4.79 Å². The van der Waals surface area contributed by atoms with Crippen molar-refractivity contribution in [3.63, 3.8) is 0 Å². The van der Waals surface area contributed by atoms with Crippen molar-refractivity contribution in [3.8, 4) is 5.75 Å². The van der Waals surface area contributed by atoms with Gasteiger partial charge in [0.15, 0.2) is 0 Å². The van der Waals surface area contributed by atoms with Crippen LogP contribution in [-0.4, -0.2) is 39.9 Å². The van der Waals surface area contributed by atoms with Crippen molar-refractivity contribution in [2.75, 3.05) is 13.2 Å². The van der Waals surface area contributed by atoms with E-state index >= 15 is 0 Å². The molecule has 0 radical (unpaired) electrons. The molecule has 0 bridgehead atoms. The van der Waals surface area contributed by atoms with Gasteiger partial charge in [-0.05, 0) is 43.5 Å². The molecule has 1 aliphatic rings. The maximum Gasteiger partial charge on any atom is 0.317 e. The minimum absolute atomic E-state index is 0.0546. The smallest absolute Gasteiger partial charge is 0.317 e. The molecule has 7 heteroatoms. The molecular weight excluding hydrogens is 352 g/mol. The lowest BCUT2D eigenvalue weighted by Gasteiger charge is -2.25. The van der Waals surface area contributed by atoms with Crippen molar-refractivity contribution in [1.82, 2.24) is 20.0 Å². The first-order valence-electron chi connectivity index (χ1n) is 9.10. The van der Waals surface area contributed by atoms with E-state index in [4.69, 9.17) is 16.3 Å². The van der Waals surface area contributed by atoms with E-state index in [0.29, 0.717) is 18.2 Å². The van der Waals surface area contributed by atoms with Gasteiger partial charge in [-0.3, -0.25) is 4.68 Å². The molecule has 3 rings (SSSR count). The second-order valence-electron chi connectivity index (χ2n) is 6.48. The Morgan fingerprint density at radius 3 is 3.12 bits per heavy atom. The lowest BCUT2D eigenvalue weighted by Crippen LogP contribution is -2.44. The summed E-state index contributed by atoms with van der Waals surface area (Å²) in [4.78, 5) is 14.6. The fourth-order valence-corrected chi connectivity index (χ4v) is 3.42. The molecule has 1 aromatic heterocycles. The summed E-state index contributed by atoms with van der Waals surface area (Å²) >= 11 is 6.11. The molecule has 1 atom stereocenters. The topological polar surface area (TPSA) is 59.4 Å². The molecule has 2 heterocycles. The van der Waals surface area contributed by atoms with Crippen molar-refractivity contribution in [3.05, 3.63) is 47.2 Å². The Balaban J connectivity index is 1.60. The van der Waals surface area contributed by atoms with Gasteiger partial charge in [0.2, 0.25) is 0 Å². The van der Waals surface area contributed by atoms with E-state index in [2.05, 4.69) is 17.3 Å². The lowest BCUT2D eigenvalue weighted by atomic mass is 10.2. The predicted octanol–water partition coefficient (Wildman–Crippen LogP) is 3.70. The number of hydrogen-bond acceptors (Lipinski definition) is 3. The van der Waals surface area contributed by atoms with Crippen LogP contribution in [0.5, 0.6) is 5.75 Å². The molecular formula is C19H25ClN4O2. The van der Waals surface area contributed by atoms with Gasteiger partial charge in [-0.2, -0.15) is 5.10 Å². The molecule has 1 saturated heterocycles. The van der Waals surface area contributed by atoms with Gasteiger partial charge in [0.25, 0.3) is 0 Å². The highest BCUT2D eigenvalue weighted by molar-refractivity contribution is 6.30. The molecule has 26 heavy (non-hydrogen) atoms. The minimum atomic E-state index is -0.0546. The summed E-state index contributed by atoms with van der Waals surface area (Å²) in [7, 11) is 0. The third kappa shape index (κ3) is 4.69. The van der Waals surface area contributed by atoms with Crippen LogP contribution in [0.1, 0.15) is 31.7 Å². The number of aromatic nitrogens is 2. The zero-order valence-electron chi connectivity index (χ0n) is 15.0. The zero-order valence-corrected chi connectivity index (χ0v) is 15.8. The largest absolute Gasteiger partial charge is 0.493 e. The van der Waals surface area contributed by atoms with Crippen LogP contribution in [0.25, 0.3) is 0 Å². The first-order chi connectivity index (χ1) is 12.7. The Morgan fingerprint density at radius 2 is 2.35 bits per heavy atom. The number of urea groups is 1. The summed E-state index contributed by atoms with van der Waals surface area (Å²) in [6.07, 6.45) is 6.63. The van der Waals surface area contributed by atoms with Gasteiger partial charge in [0.05, 0.1) is 19.2 Å². The molecule has 0 spiro atoms. The van der Waals surface area contributed by atoms with Gasteiger partial charge in [0, 0.05) is 36.1 Å². The Labute approximate surface area is 159 Å². The van der Waals surface area contributed by atoms with Crippen molar-refractivity contribution in [2.24, 2.45) is 0 Å². The number of amides is 2. The summed E-state index contributed by atoms with van der Waals surface area (Å²) in [5, 5.41) is 7.89. The van der Waals surface area contributed by atoms with Crippen LogP contribution in [0.2, 0.25) is 5.02 Å². The number of rotatable bonds is 7. The lowest BCUT2D eigenvalue weighted by molar-refractivity contribution is 0.185. The highest BCUT2D eigenvalue weighted by atomic mass is 35.5. The number of carbonyl (C=O) groups is 1. The van der Waals surface area contributed by atoms with E-state index in [1.54, 1.807) is 12.3 Å². The molecule has 1 aliphatic heterocycles. The number of halogens is 1. The van der Waals surface area contributed by atoms with Gasteiger partial charge in [-0.1, -0.05) is 18.5 Å². The molecule has 6 nitrogen and oxygen atoms in total. The number of nitrogens with one attached hydrogen (secondary N) is 1. The van der Waals surface area contributed by atoms with Crippen LogP contribution in [-0.2, 0) is 13.1 Å². The summed E-state index contributed by atoms with van der Waals surface area (Å²) in [5.41, 5.74) is 0.891. The fourth-order valence-electron chi connectivity index (χ4n) is 3.23. The molecule has 0 saturated carbocycles. The van der Waals surface area contributed by atoms with E-state index in [1.807, 2.05) is 34.0 Å². The second-order valence-corrected chi connectivity index (χ2v) is 6.91. The fraction of sp³-hybridized carbons (Fsp3) is 0.474. The van der Waals surface area contributed by atoms with Crippen molar-refractivity contribution in [2.45, 2.75) is 45.3 Å². The predicted molar refractivity (Wildman–Crippen MR) is 101 cm³/mol. The zero-order chi connectivity index (χ0) is 18.4. The molecule has 2 aromatic rings. The standard InChI is InChI=1S/C19H25ClN4O2/c1-2-11-26-18-7-6-16(20)12-15(18)13-21-19(25)24-10-3-5-17(24)14-23-9-4-8-22-23/h4,6-9,12,17H,2-3,5,10-11,13-14H2,1H3,(H,21,25). The summed E-state index contributed by atoms with van der Waals surface area (Å²) in [5.74, 6) is 0.770. The normalized spacial score (nSPS) is 16.7. The van der Waals surface area contributed by atoms with Crippen LogP contribution >= 0.6 is 11.6 Å². The van der Waals surface area contributed by atoms with Gasteiger partial charge in [0.1, 0.15) is 5.75 Å². The van der Waals surface area contributed by atoms with E-state index in [0.717, 1.165) is 43.7 Å². The Morgan fingerprint density at radius 1 is 1.46 bits per heavy atom. The Bertz CT molecular complexity index is 720. The summed E-state index contributed by atoms with van der Waals surface area (Å²) in [6, 6.07) is 7.52. The van der Waals surface area contributed by atoms with Gasteiger partial charge < -0.3 is 15.0 Å². The number of hydrogen-bond donors (Lipinski definition) is 1. The Kier molecular flexibility index (Phi) is 6.39. The SMILES string of the molecule is CCCOc1ccc(Cl)cc1CNC(=O)N1CCCC1Cn1cccn1. The monoisotopic (exact) mass is 376 g/mol. The molecule has 2 amide bonds. The third-order valence-corrected chi connectivity index (χ3v) is 4.74. The highest BCUT2D eigenvalue weighted by Gasteiger charge is 2.29. The first kappa shape index (κ1) is 18.6. The van der Waals surface area contributed by atoms with Crippen molar-refractivity contribution >= 4 is 17.6 Å². The number of benzene rings is 1. The van der Waals surface area contributed by atoms with Gasteiger partial charge in [-0.15, -0.1) is 0 Å². The minimum Gasteiger partial charge on any atom is -0.493 e. The van der Waals surface area contributed by atoms with Crippen LogP contribution in [0.3, 0.4) is 0 Å². The third-order valence-electron chi connectivity index (χ3n) is 4.51. The number of ether oxygens (including phenoxy) is 1. The maximum atomic E-state index is 12.7. The van der Waals surface area contributed by atoms with E-state index < -0.39 is 0 Å². The van der Waals surface area contributed by atoms with E-state index in [9.17, 15) is 4.79 Å². The maximum absolute atomic E-state index is 12.7. The number of likely N-dealkylation sites (tertiary alicyclic amines) is 1. The quantitative estimate of drug-likeness (QED) is 0.801. The van der Waals surface area contributed by atoms with Crippen LogP contribution in [0, 0.1) is 0 Å². The second kappa shape index (κ2) is 8.94. The molecule has 0 aliphatic carbocycles. The summed E-state index contributed by atoms with van der Waals surface area (Å²) < 4.78 is 7.63. The molecule has 140 valence electrons.